The molecule has 1 heterocycles. The highest BCUT2D eigenvalue weighted by Gasteiger charge is 2.04. The maximum absolute atomic E-state index is 5.75. The molecule has 0 fully saturated rings. The summed E-state index contributed by atoms with van der Waals surface area (Å²) in [6.07, 6.45) is 10.6. The number of ether oxygens (including phenoxy) is 1. The van der Waals surface area contributed by atoms with Crippen molar-refractivity contribution in [3.05, 3.63) is 102 Å². The molecule has 0 spiro atoms. The number of hydrogen-bond acceptors (Lipinski definition) is 2. The molecular formula is C24H25NO. The van der Waals surface area contributed by atoms with Gasteiger partial charge in [-0.1, -0.05) is 60.7 Å². The fraction of sp³-hybridized carbons (Fsp3) is 0.208. The fourth-order valence-electron chi connectivity index (χ4n) is 2.92. The molecule has 0 aliphatic rings. The lowest BCUT2D eigenvalue weighted by Crippen LogP contribution is -1.96. The third-order valence-corrected chi connectivity index (χ3v) is 4.27. The van der Waals surface area contributed by atoms with Crippen LogP contribution in [0.25, 0.3) is 5.57 Å². The largest absolute Gasteiger partial charge is 0.494 e. The minimum atomic E-state index is 0.780. The Morgan fingerprint density at radius 1 is 0.769 bits per heavy atom. The lowest BCUT2D eigenvalue weighted by Gasteiger charge is -2.09. The van der Waals surface area contributed by atoms with Gasteiger partial charge in [0, 0.05) is 18.0 Å². The first kappa shape index (κ1) is 17.9. The molecular weight excluding hydrogens is 318 g/mol. The molecule has 3 aromatic rings. The first-order chi connectivity index (χ1) is 12.9. The van der Waals surface area contributed by atoms with Crippen molar-refractivity contribution in [1.82, 2.24) is 4.98 Å². The Kier molecular flexibility index (Phi) is 7.03. The highest BCUT2D eigenvalue weighted by molar-refractivity contribution is 5.79. The molecule has 2 aromatic carbocycles. The number of allylic oxidation sites excluding steroid dienone is 1. The van der Waals surface area contributed by atoms with Gasteiger partial charge in [-0.05, 0) is 55.0 Å². The number of aromatic nitrogens is 1. The first-order valence-corrected chi connectivity index (χ1v) is 9.27. The van der Waals surface area contributed by atoms with Gasteiger partial charge in [0.05, 0.1) is 6.61 Å². The van der Waals surface area contributed by atoms with E-state index in [0.717, 1.165) is 31.6 Å². The van der Waals surface area contributed by atoms with Crippen LogP contribution in [-0.2, 0) is 0 Å². The Morgan fingerprint density at radius 3 is 2.23 bits per heavy atom. The third-order valence-electron chi connectivity index (χ3n) is 4.27. The van der Waals surface area contributed by atoms with E-state index in [1.54, 1.807) is 0 Å². The van der Waals surface area contributed by atoms with E-state index in [1.807, 2.05) is 48.8 Å². The molecule has 0 amide bonds. The van der Waals surface area contributed by atoms with E-state index in [1.165, 1.54) is 23.1 Å². The van der Waals surface area contributed by atoms with Crippen LogP contribution in [0.2, 0.25) is 0 Å². The van der Waals surface area contributed by atoms with Gasteiger partial charge in [-0.2, -0.15) is 0 Å². The van der Waals surface area contributed by atoms with Gasteiger partial charge in [0.15, 0.2) is 0 Å². The first-order valence-electron chi connectivity index (χ1n) is 9.27. The van der Waals surface area contributed by atoms with Crippen molar-refractivity contribution in [3.8, 4) is 5.75 Å². The molecule has 2 heteroatoms. The summed E-state index contributed by atoms with van der Waals surface area (Å²) in [5.74, 6) is 0.954. The average Bonchev–Trinajstić information content (AvgIpc) is 2.72. The fourth-order valence-corrected chi connectivity index (χ4v) is 2.92. The van der Waals surface area contributed by atoms with Gasteiger partial charge in [-0.15, -0.1) is 0 Å². The second-order valence-corrected chi connectivity index (χ2v) is 6.24. The van der Waals surface area contributed by atoms with Crippen LogP contribution in [0.5, 0.6) is 5.75 Å². The summed E-state index contributed by atoms with van der Waals surface area (Å²) in [4.78, 5) is 4.27. The Morgan fingerprint density at radius 2 is 1.50 bits per heavy atom. The van der Waals surface area contributed by atoms with E-state index in [4.69, 9.17) is 4.74 Å². The van der Waals surface area contributed by atoms with Gasteiger partial charge in [0.2, 0.25) is 0 Å². The molecule has 0 aliphatic carbocycles. The van der Waals surface area contributed by atoms with Crippen molar-refractivity contribution in [2.24, 2.45) is 0 Å². The second-order valence-electron chi connectivity index (χ2n) is 6.24. The average molecular weight is 343 g/mol. The summed E-state index contributed by atoms with van der Waals surface area (Å²) in [5.41, 5.74) is 3.68. The third kappa shape index (κ3) is 5.59. The molecule has 26 heavy (non-hydrogen) atoms. The van der Waals surface area contributed by atoms with E-state index in [9.17, 15) is 0 Å². The molecule has 3 rings (SSSR count). The molecule has 132 valence electrons. The molecule has 2 nitrogen and oxygen atoms in total. The van der Waals surface area contributed by atoms with Crippen molar-refractivity contribution in [1.29, 1.82) is 0 Å². The summed E-state index contributed by atoms with van der Waals surface area (Å²) in [5, 5.41) is 0. The van der Waals surface area contributed by atoms with E-state index in [0.29, 0.717) is 0 Å². The van der Waals surface area contributed by atoms with Crippen LogP contribution in [0.15, 0.2) is 91.3 Å². The lowest BCUT2D eigenvalue weighted by atomic mass is 9.97. The SMILES string of the molecule is C(CCCCCOc1ccccc1)=C(c1ccccc1)c1cccnc1. The number of nitrogens with zero attached hydrogens (tertiary/aromatic N) is 1. The number of para-hydroxylation sites is 1. The summed E-state index contributed by atoms with van der Waals surface area (Å²) in [6.45, 7) is 0.780. The number of rotatable bonds is 9. The van der Waals surface area contributed by atoms with Crippen molar-refractivity contribution in [3.63, 3.8) is 0 Å². The van der Waals surface area contributed by atoms with Crippen LogP contribution < -0.4 is 4.74 Å². The van der Waals surface area contributed by atoms with Gasteiger partial charge < -0.3 is 4.74 Å². The number of hydrogen-bond donors (Lipinski definition) is 0. The summed E-state index contributed by atoms with van der Waals surface area (Å²) >= 11 is 0. The summed E-state index contributed by atoms with van der Waals surface area (Å²) < 4.78 is 5.75. The topological polar surface area (TPSA) is 22.1 Å². The zero-order valence-corrected chi connectivity index (χ0v) is 15.1. The van der Waals surface area contributed by atoms with Crippen molar-refractivity contribution < 1.29 is 4.74 Å². The molecule has 0 unspecified atom stereocenters. The van der Waals surface area contributed by atoms with Gasteiger partial charge >= 0.3 is 0 Å². The molecule has 0 saturated carbocycles. The Labute approximate surface area is 156 Å². The predicted octanol–water partition coefficient (Wildman–Crippen LogP) is 6.15. The molecule has 0 saturated heterocycles. The number of pyridine rings is 1. The van der Waals surface area contributed by atoms with Gasteiger partial charge in [0.1, 0.15) is 5.75 Å². The zero-order chi connectivity index (χ0) is 17.9. The zero-order valence-electron chi connectivity index (χ0n) is 15.1. The van der Waals surface area contributed by atoms with E-state index < -0.39 is 0 Å². The molecule has 0 bridgehead atoms. The lowest BCUT2D eigenvalue weighted by molar-refractivity contribution is 0.305. The normalized spacial score (nSPS) is 11.3. The van der Waals surface area contributed by atoms with Crippen molar-refractivity contribution >= 4 is 5.57 Å². The Hall–Kier alpha value is -2.87. The van der Waals surface area contributed by atoms with E-state index >= 15 is 0 Å². The van der Waals surface area contributed by atoms with Gasteiger partial charge in [-0.25, -0.2) is 0 Å². The highest BCUT2D eigenvalue weighted by atomic mass is 16.5. The van der Waals surface area contributed by atoms with Gasteiger partial charge in [-0.3, -0.25) is 4.98 Å². The summed E-state index contributed by atoms with van der Waals surface area (Å²) in [7, 11) is 0. The quantitative estimate of drug-likeness (QED) is 0.435. The Balaban J connectivity index is 1.49. The highest BCUT2D eigenvalue weighted by Crippen LogP contribution is 2.23. The molecule has 0 aliphatic heterocycles. The van der Waals surface area contributed by atoms with Gasteiger partial charge in [0.25, 0.3) is 0 Å². The molecule has 0 atom stereocenters. The van der Waals surface area contributed by atoms with Crippen LogP contribution >= 0.6 is 0 Å². The summed E-state index contributed by atoms with van der Waals surface area (Å²) in [6, 6.07) is 24.7. The molecule has 0 N–H and O–H groups in total. The smallest absolute Gasteiger partial charge is 0.119 e. The molecule has 0 radical (unpaired) electrons. The van der Waals surface area contributed by atoms with E-state index in [-0.39, 0.29) is 0 Å². The van der Waals surface area contributed by atoms with Crippen LogP contribution in [0, 0.1) is 0 Å². The second kappa shape index (κ2) is 10.2. The maximum Gasteiger partial charge on any atom is 0.119 e. The van der Waals surface area contributed by atoms with Crippen molar-refractivity contribution in [2.75, 3.05) is 6.61 Å². The van der Waals surface area contributed by atoms with Crippen LogP contribution in [0.4, 0.5) is 0 Å². The van der Waals surface area contributed by atoms with Crippen LogP contribution in [0.3, 0.4) is 0 Å². The number of unbranched alkanes of at least 4 members (excludes halogenated alkanes) is 3. The van der Waals surface area contributed by atoms with Crippen LogP contribution in [-0.4, -0.2) is 11.6 Å². The Bertz CT molecular complexity index is 741. The maximum atomic E-state index is 5.75. The minimum Gasteiger partial charge on any atom is -0.494 e. The van der Waals surface area contributed by atoms with Crippen molar-refractivity contribution in [2.45, 2.75) is 25.7 Å². The standard InChI is InChI=1S/C24H25NO/c1(2-10-19-26-23-15-7-4-8-16-23)9-17-24(21-12-5-3-6-13-21)22-14-11-18-25-20-22/h3-8,11-18,20H,1-2,9-10,19H2. The monoisotopic (exact) mass is 343 g/mol. The molecule has 1 aromatic heterocycles. The number of benzene rings is 2. The van der Waals surface area contributed by atoms with Crippen LogP contribution in [0.1, 0.15) is 36.8 Å². The predicted molar refractivity (Wildman–Crippen MR) is 108 cm³/mol. The van der Waals surface area contributed by atoms with E-state index in [2.05, 4.69) is 47.5 Å². The minimum absolute atomic E-state index is 0.780.